The Morgan fingerprint density at radius 1 is 1.30 bits per heavy atom. The summed E-state index contributed by atoms with van der Waals surface area (Å²) in [6.45, 7) is 7.27. The first-order chi connectivity index (χ1) is 9.61. The van der Waals surface area contributed by atoms with E-state index in [2.05, 4.69) is 25.2 Å². The number of hydrogen-bond donors (Lipinski definition) is 1. The highest BCUT2D eigenvalue weighted by molar-refractivity contribution is 6.32. The molecule has 0 amide bonds. The number of nitrogens with one attached hydrogen (secondary N) is 1. The van der Waals surface area contributed by atoms with Gasteiger partial charge in [-0.05, 0) is 49.8 Å². The first-order valence-corrected chi connectivity index (χ1v) is 8.18. The van der Waals surface area contributed by atoms with E-state index in [1.807, 2.05) is 19.1 Å². The van der Waals surface area contributed by atoms with Crippen molar-refractivity contribution >= 4 is 17.3 Å². The Kier molecular flexibility index (Phi) is 5.59. The standard InChI is InChI=1S/C17H26ClNO/c1-4-20-17-10-9-13(11-15(17)18)19-16-8-6-5-7-14(16)12(2)3/h9-12,14,16,19H,4-8H2,1-3H3. The summed E-state index contributed by atoms with van der Waals surface area (Å²) in [7, 11) is 0. The second-order valence-corrected chi connectivity index (χ2v) is 6.43. The minimum absolute atomic E-state index is 0.567. The van der Waals surface area contributed by atoms with Crippen LogP contribution in [-0.4, -0.2) is 12.6 Å². The van der Waals surface area contributed by atoms with E-state index in [9.17, 15) is 0 Å². The molecule has 0 heterocycles. The van der Waals surface area contributed by atoms with E-state index in [0.717, 1.165) is 23.3 Å². The SMILES string of the molecule is CCOc1ccc(NC2CCCCC2C(C)C)cc1Cl. The third-order valence-corrected chi connectivity index (χ3v) is 4.55. The fourth-order valence-corrected chi connectivity index (χ4v) is 3.45. The second-order valence-electron chi connectivity index (χ2n) is 6.02. The van der Waals surface area contributed by atoms with Crippen LogP contribution in [0.25, 0.3) is 0 Å². The van der Waals surface area contributed by atoms with Gasteiger partial charge < -0.3 is 10.1 Å². The van der Waals surface area contributed by atoms with Crippen LogP contribution in [0.5, 0.6) is 5.75 Å². The molecule has 3 heteroatoms. The van der Waals surface area contributed by atoms with Gasteiger partial charge in [0.05, 0.1) is 11.6 Å². The van der Waals surface area contributed by atoms with Gasteiger partial charge in [0.1, 0.15) is 5.75 Å². The first-order valence-electron chi connectivity index (χ1n) is 7.80. The molecule has 1 saturated carbocycles. The molecule has 112 valence electrons. The van der Waals surface area contributed by atoms with Crippen LogP contribution in [-0.2, 0) is 0 Å². The third kappa shape index (κ3) is 3.82. The lowest BCUT2D eigenvalue weighted by molar-refractivity contribution is 0.254. The average molecular weight is 296 g/mol. The van der Waals surface area contributed by atoms with Crippen molar-refractivity contribution in [1.29, 1.82) is 0 Å². The van der Waals surface area contributed by atoms with Crippen molar-refractivity contribution in [3.8, 4) is 5.75 Å². The molecular formula is C17H26ClNO. The van der Waals surface area contributed by atoms with Gasteiger partial charge in [0.25, 0.3) is 0 Å². The van der Waals surface area contributed by atoms with Gasteiger partial charge in [0, 0.05) is 11.7 Å². The van der Waals surface area contributed by atoms with E-state index in [4.69, 9.17) is 16.3 Å². The van der Waals surface area contributed by atoms with Gasteiger partial charge in [0.2, 0.25) is 0 Å². The Bertz CT molecular complexity index is 433. The monoisotopic (exact) mass is 295 g/mol. The number of anilines is 1. The highest BCUT2D eigenvalue weighted by Crippen LogP contribution is 2.34. The minimum Gasteiger partial charge on any atom is -0.492 e. The second kappa shape index (κ2) is 7.21. The normalized spacial score (nSPS) is 22.9. The number of halogens is 1. The van der Waals surface area contributed by atoms with E-state index in [-0.39, 0.29) is 0 Å². The van der Waals surface area contributed by atoms with Crippen LogP contribution in [0, 0.1) is 11.8 Å². The van der Waals surface area contributed by atoms with Gasteiger partial charge in [-0.25, -0.2) is 0 Å². The molecule has 0 spiro atoms. The fourth-order valence-electron chi connectivity index (χ4n) is 3.21. The Labute approximate surface area is 127 Å². The first kappa shape index (κ1) is 15.5. The highest BCUT2D eigenvalue weighted by Gasteiger charge is 2.27. The Morgan fingerprint density at radius 2 is 2.05 bits per heavy atom. The largest absolute Gasteiger partial charge is 0.492 e. The predicted octanol–water partition coefficient (Wildman–Crippen LogP) is 5.37. The van der Waals surface area contributed by atoms with Gasteiger partial charge >= 0.3 is 0 Å². The molecule has 0 aromatic heterocycles. The van der Waals surface area contributed by atoms with Crippen LogP contribution < -0.4 is 10.1 Å². The van der Waals surface area contributed by atoms with Gasteiger partial charge in [-0.15, -0.1) is 0 Å². The Morgan fingerprint density at radius 3 is 2.70 bits per heavy atom. The molecule has 0 radical (unpaired) electrons. The van der Waals surface area contributed by atoms with E-state index in [1.165, 1.54) is 25.7 Å². The average Bonchev–Trinajstić information content (AvgIpc) is 2.42. The van der Waals surface area contributed by atoms with Crippen LogP contribution in [0.2, 0.25) is 5.02 Å². The van der Waals surface area contributed by atoms with Crippen LogP contribution in [0.4, 0.5) is 5.69 Å². The molecule has 1 aliphatic rings. The highest BCUT2D eigenvalue weighted by atomic mass is 35.5. The van der Waals surface area contributed by atoms with Crippen molar-refractivity contribution in [3.05, 3.63) is 23.2 Å². The number of hydrogen-bond acceptors (Lipinski definition) is 2. The van der Waals surface area contributed by atoms with Crippen molar-refractivity contribution in [2.45, 2.75) is 52.5 Å². The molecule has 2 atom stereocenters. The molecule has 1 aromatic carbocycles. The molecule has 2 nitrogen and oxygen atoms in total. The summed E-state index contributed by atoms with van der Waals surface area (Å²) in [6, 6.07) is 6.58. The fraction of sp³-hybridized carbons (Fsp3) is 0.647. The third-order valence-electron chi connectivity index (χ3n) is 4.26. The van der Waals surface area contributed by atoms with Gasteiger partial charge in [0.15, 0.2) is 0 Å². The summed E-state index contributed by atoms with van der Waals surface area (Å²) < 4.78 is 5.48. The molecule has 1 aliphatic carbocycles. The van der Waals surface area contributed by atoms with E-state index >= 15 is 0 Å². The smallest absolute Gasteiger partial charge is 0.138 e. The Balaban J connectivity index is 2.06. The van der Waals surface area contributed by atoms with Crippen molar-refractivity contribution in [2.24, 2.45) is 11.8 Å². The molecular weight excluding hydrogens is 270 g/mol. The van der Waals surface area contributed by atoms with E-state index in [0.29, 0.717) is 17.7 Å². The van der Waals surface area contributed by atoms with Gasteiger partial charge in [-0.1, -0.05) is 38.3 Å². The molecule has 1 N–H and O–H groups in total. The zero-order valence-electron chi connectivity index (χ0n) is 12.8. The number of ether oxygens (including phenoxy) is 1. The number of rotatable bonds is 5. The summed E-state index contributed by atoms with van der Waals surface area (Å²) in [6.07, 6.45) is 5.28. The molecule has 0 bridgehead atoms. The van der Waals surface area contributed by atoms with Crippen molar-refractivity contribution in [1.82, 2.24) is 0 Å². The van der Waals surface area contributed by atoms with Gasteiger partial charge in [-0.3, -0.25) is 0 Å². The molecule has 0 saturated heterocycles. The molecule has 2 unspecified atom stereocenters. The van der Waals surface area contributed by atoms with Crippen LogP contribution >= 0.6 is 11.6 Å². The van der Waals surface area contributed by atoms with Gasteiger partial charge in [-0.2, -0.15) is 0 Å². The molecule has 1 fully saturated rings. The van der Waals surface area contributed by atoms with Crippen LogP contribution in [0.15, 0.2) is 18.2 Å². The maximum Gasteiger partial charge on any atom is 0.138 e. The van der Waals surface area contributed by atoms with Crippen LogP contribution in [0.1, 0.15) is 46.5 Å². The maximum atomic E-state index is 6.26. The zero-order chi connectivity index (χ0) is 14.5. The maximum absolute atomic E-state index is 6.26. The molecule has 20 heavy (non-hydrogen) atoms. The lowest BCUT2D eigenvalue weighted by Crippen LogP contribution is -2.35. The summed E-state index contributed by atoms with van der Waals surface area (Å²) in [5, 5.41) is 4.37. The molecule has 1 aromatic rings. The quantitative estimate of drug-likeness (QED) is 0.789. The lowest BCUT2D eigenvalue weighted by Gasteiger charge is -2.35. The Hall–Kier alpha value is -0.890. The topological polar surface area (TPSA) is 21.3 Å². The van der Waals surface area contributed by atoms with Crippen molar-refractivity contribution < 1.29 is 4.74 Å². The predicted molar refractivity (Wildman–Crippen MR) is 86.8 cm³/mol. The molecule has 2 rings (SSSR count). The van der Waals surface area contributed by atoms with E-state index < -0.39 is 0 Å². The van der Waals surface area contributed by atoms with Crippen molar-refractivity contribution in [3.63, 3.8) is 0 Å². The zero-order valence-corrected chi connectivity index (χ0v) is 13.5. The minimum atomic E-state index is 0.567. The number of benzene rings is 1. The lowest BCUT2D eigenvalue weighted by atomic mass is 9.78. The molecule has 0 aliphatic heterocycles. The summed E-state index contributed by atoms with van der Waals surface area (Å²) in [5.41, 5.74) is 1.11. The summed E-state index contributed by atoms with van der Waals surface area (Å²) in [5.74, 6) is 2.25. The van der Waals surface area contributed by atoms with E-state index in [1.54, 1.807) is 0 Å². The van der Waals surface area contributed by atoms with Crippen molar-refractivity contribution in [2.75, 3.05) is 11.9 Å². The van der Waals surface area contributed by atoms with Crippen LogP contribution in [0.3, 0.4) is 0 Å². The summed E-state index contributed by atoms with van der Waals surface area (Å²) in [4.78, 5) is 0. The summed E-state index contributed by atoms with van der Waals surface area (Å²) >= 11 is 6.26.